The second-order valence-corrected chi connectivity index (χ2v) is 9.04. The van der Waals surface area contributed by atoms with E-state index >= 15 is 0 Å². The molecule has 0 N–H and O–H groups in total. The summed E-state index contributed by atoms with van der Waals surface area (Å²) in [6, 6.07) is 7.68. The van der Waals surface area contributed by atoms with E-state index in [1.807, 2.05) is 36.7 Å². The molecule has 1 aliphatic heterocycles. The molecule has 0 bridgehead atoms. The fourth-order valence-electron chi connectivity index (χ4n) is 3.84. The number of thiazole rings is 1. The van der Waals surface area contributed by atoms with E-state index in [1.165, 1.54) is 0 Å². The Labute approximate surface area is 190 Å². The van der Waals surface area contributed by atoms with E-state index < -0.39 is 0 Å². The Bertz CT molecular complexity index is 1280. The number of aromatic nitrogens is 4. The van der Waals surface area contributed by atoms with Gasteiger partial charge in [-0.3, -0.25) is 14.8 Å². The van der Waals surface area contributed by atoms with Gasteiger partial charge in [0.2, 0.25) is 0 Å². The van der Waals surface area contributed by atoms with Crippen molar-refractivity contribution in [1.29, 1.82) is 0 Å². The number of hydrogen-bond acceptors (Lipinski definition) is 8. The number of aryl methyl sites for hydroxylation is 1. The van der Waals surface area contributed by atoms with Crippen molar-refractivity contribution in [3.63, 3.8) is 0 Å². The Balaban J connectivity index is 1.36. The van der Waals surface area contributed by atoms with E-state index in [0.29, 0.717) is 5.56 Å². The van der Waals surface area contributed by atoms with Crippen LogP contribution in [0.5, 0.6) is 0 Å². The van der Waals surface area contributed by atoms with Crippen LogP contribution in [0.3, 0.4) is 0 Å². The highest BCUT2D eigenvalue weighted by atomic mass is 32.1. The second-order valence-electron chi connectivity index (χ2n) is 8.18. The van der Waals surface area contributed by atoms with Gasteiger partial charge in [-0.05, 0) is 43.6 Å². The summed E-state index contributed by atoms with van der Waals surface area (Å²) in [5, 5.41) is 4.86. The van der Waals surface area contributed by atoms with Crippen LogP contribution in [0.15, 0.2) is 48.2 Å². The van der Waals surface area contributed by atoms with Gasteiger partial charge >= 0.3 is 0 Å². The molecule has 1 saturated heterocycles. The van der Waals surface area contributed by atoms with Crippen molar-refractivity contribution in [3.8, 4) is 10.7 Å². The molecular weight excluding hydrogens is 420 g/mol. The van der Waals surface area contributed by atoms with Gasteiger partial charge in [0.25, 0.3) is 0 Å². The Morgan fingerprint density at radius 2 is 1.84 bits per heavy atom. The van der Waals surface area contributed by atoms with E-state index in [2.05, 4.69) is 36.8 Å². The molecule has 0 unspecified atom stereocenters. The number of rotatable bonds is 5. The zero-order valence-electron chi connectivity index (χ0n) is 18.2. The minimum absolute atomic E-state index is 0.0412. The number of carbonyl (C=O) groups excluding carboxylic acids is 1. The number of Topliss-reactive ketones (excluding diaryl/α,β-unsaturated/α-hetero) is 1. The van der Waals surface area contributed by atoms with Crippen molar-refractivity contribution in [2.24, 2.45) is 0 Å². The first kappa shape index (κ1) is 20.7. The first-order chi connectivity index (χ1) is 15.5. The highest BCUT2D eigenvalue weighted by Gasteiger charge is 2.17. The number of piperazine rings is 1. The van der Waals surface area contributed by atoms with Crippen LogP contribution >= 0.6 is 11.3 Å². The van der Waals surface area contributed by atoms with E-state index in [9.17, 15) is 4.79 Å². The number of pyridine rings is 3. The van der Waals surface area contributed by atoms with Gasteiger partial charge in [0.15, 0.2) is 5.78 Å². The standard InChI is InChI=1S/C24H24N6OS/c1-16-15-32-24(28-16)21-10-18-9-20(26-13-19(18)14-27-21)12-22(31)17-3-4-25-23(11-17)30-7-5-29(2)6-8-30/h3-4,9-11,13-15H,5-8,12H2,1-2H3. The maximum absolute atomic E-state index is 13.0. The summed E-state index contributed by atoms with van der Waals surface area (Å²) in [7, 11) is 2.12. The van der Waals surface area contributed by atoms with E-state index in [4.69, 9.17) is 0 Å². The van der Waals surface area contributed by atoms with Gasteiger partial charge in [-0.2, -0.15) is 0 Å². The lowest BCUT2D eigenvalue weighted by molar-refractivity contribution is 0.0992. The summed E-state index contributed by atoms with van der Waals surface area (Å²) in [4.78, 5) is 35.6. The molecule has 0 atom stereocenters. The molecule has 1 fully saturated rings. The number of hydrogen-bond donors (Lipinski definition) is 0. The lowest BCUT2D eigenvalue weighted by atomic mass is 10.1. The molecule has 7 nitrogen and oxygen atoms in total. The quantitative estimate of drug-likeness (QED) is 0.435. The first-order valence-corrected chi connectivity index (χ1v) is 11.5. The molecule has 0 radical (unpaired) electrons. The van der Waals surface area contributed by atoms with Crippen molar-refractivity contribution in [2.75, 3.05) is 38.1 Å². The topological polar surface area (TPSA) is 75.1 Å². The number of fused-ring (bicyclic) bond motifs is 1. The highest BCUT2D eigenvalue weighted by Crippen LogP contribution is 2.25. The van der Waals surface area contributed by atoms with E-state index in [-0.39, 0.29) is 12.2 Å². The maximum atomic E-state index is 13.0. The normalized spacial score (nSPS) is 14.8. The SMILES string of the molecule is Cc1csc(-c2cc3cc(CC(=O)c4ccnc(N5CCN(C)CC5)c4)ncc3cn2)n1. The maximum Gasteiger partial charge on any atom is 0.169 e. The summed E-state index contributed by atoms with van der Waals surface area (Å²) < 4.78 is 0. The lowest BCUT2D eigenvalue weighted by Crippen LogP contribution is -2.44. The number of likely N-dealkylation sites (N-methyl/N-ethyl adjacent to an activating group) is 1. The molecule has 0 spiro atoms. The molecule has 4 aromatic heterocycles. The Hall–Kier alpha value is -3.23. The molecule has 5 heterocycles. The summed E-state index contributed by atoms with van der Waals surface area (Å²) in [5.41, 5.74) is 3.24. The smallest absolute Gasteiger partial charge is 0.169 e. The largest absolute Gasteiger partial charge is 0.354 e. The Morgan fingerprint density at radius 3 is 2.62 bits per heavy atom. The number of carbonyl (C=O) groups is 1. The molecule has 0 aliphatic carbocycles. The van der Waals surface area contributed by atoms with Crippen molar-refractivity contribution < 1.29 is 4.79 Å². The molecule has 0 saturated carbocycles. The van der Waals surface area contributed by atoms with Crippen LogP contribution in [0.4, 0.5) is 5.82 Å². The molecule has 1 aliphatic rings. The highest BCUT2D eigenvalue weighted by molar-refractivity contribution is 7.13. The van der Waals surface area contributed by atoms with E-state index in [0.717, 1.165) is 64.9 Å². The third-order valence-corrected chi connectivity index (χ3v) is 6.72. The lowest BCUT2D eigenvalue weighted by Gasteiger charge is -2.33. The van der Waals surface area contributed by atoms with Gasteiger partial charge in [-0.25, -0.2) is 9.97 Å². The molecule has 32 heavy (non-hydrogen) atoms. The van der Waals surface area contributed by atoms with Crippen molar-refractivity contribution in [3.05, 3.63) is 65.2 Å². The second kappa shape index (κ2) is 8.72. The first-order valence-electron chi connectivity index (χ1n) is 10.6. The van der Waals surface area contributed by atoms with Crippen LogP contribution in [0.25, 0.3) is 21.5 Å². The molecule has 0 amide bonds. The molecular formula is C24H24N6OS. The molecule has 4 aromatic rings. The average Bonchev–Trinajstić information content (AvgIpc) is 3.25. The average molecular weight is 445 g/mol. The number of ketones is 1. The van der Waals surface area contributed by atoms with Gasteiger partial charge in [0.1, 0.15) is 10.8 Å². The zero-order chi connectivity index (χ0) is 22.1. The van der Waals surface area contributed by atoms with E-state index in [1.54, 1.807) is 29.8 Å². The van der Waals surface area contributed by atoms with Crippen LogP contribution in [0, 0.1) is 6.92 Å². The summed E-state index contributed by atoms with van der Waals surface area (Å²) >= 11 is 1.58. The van der Waals surface area contributed by atoms with Crippen LogP contribution in [0.2, 0.25) is 0 Å². The third-order valence-electron chi connectivity index (χ3n) is 5.73. The summed E-state index contributed by atoms with van der Waals surface area (Å²) in [6.45, 7) is 5.81. The molecule has 0 aromatic carbocycles. The van der Waals surface area contributed by atoms with Crippen molar-refractivity contribution >= 4 is 33.7 Å². The number of nitrogens with zero attached hydrogens (tertiary/aromatic N) is 6. The molecule has 8 heteroatoms. The molecule has 5 rings (SSSR count). The minimum atomic E-state index is 0.0412. The minimum Gasteiger partial charge on any atom is -0.354 e. The zero-order valence-corrected chi connectivity index (χ0v) is 19.0. The van der Waals surface area contributed by atoms with Crippen LogP contribution in [-0.2, 0) is 6.42 Å². The predicted molar refractivity (Wildman–Crippen MR) is 127 cm³/mol. The van der Waals surface area contributed by atoms with Crippen LogP contribution in [0.1, 0.15) is 21.7 Å². The number of anilines is 1. The van der Waals surface area contributed by atoms with Crippen molar-refractivity contribution in [1.82, 2.24) is 24.8 Å². The van der Waals surface area contributed by atoms with Gasteiger partial charge in [-0.15, -0.1) is 11.3 Å². The van der Waals surface area contributed by atoms with Crippen LogP contribution in [-0.4, -0.2) is 63.8 Å². The Morgan fingerprint density at radius 1 is 1.03 bits per heavy atom. The predicted octanol–water partition coefficient (Wildman–Crippen LogP) is 3.63. The van der Waals surface area contributed by atoms with Gasteiger partial charge < -0.3 is 9.80 Å². The monoisotopic (exact) mass is 444 g/mol. The summed E-state index contributed by atoms with van der Waals surface area (Å²) in [5.74, 6) is 0.907. The third kappa shape index (κ3) is 4.37. The molecule has 162 valence electrons. The van der Waals surface area contributed by atoms with Gasteiger partial charge in [0.05, 0.1) is 12.1 Å². The Kier molecular flexibility index (Phi) is 5.63. The van der Waals surface area contributed by atoms with Gasteiger partial charge in [0, 0.05) is 72.5 Å². The fourth-order valence-corrected chi connectivity index (χ4v) is 4.60. The van der Waals surface area contributed by atoms with Gasteiger partial charge in [-0.1, -0.05) is 0 Å². The fraction of sp³-hybridized carbons (Fsp3) is 0.292. The summed E-state index contributed by atoms with van der Waals surface area (Å²) in [6.07, 6.45) is 5.56. The van der Waals surface area contributed by atoms with Crippen molar-refractivity contribution in [2.45, 2.75) is 13.3 Å². The van der Waals surface area contributed by atoms with Crippen LogP contribution < -0.4 is 4.90 Å².